The number of β-lactam (4-membered cyclic amide) rings is 1. The van der Waals surface area contributed by atoms with Crippen LogP contribution in [0.1, 0.15) is 29.8 Å². The molecule has 15 nitrogen and oxygen atoms in total. The van der Waals surface area contributed by atoms with Crippen LogP contribution in [0.2, 0.25) is 0 Å². The van der Waals surface area contributed by atoms with Crippen LogP contribution >= 0.6 is 23.1 Å². The lowest BCUT2D eigenvalue weighted by Crippen LogP contribution is -2.71. The van der Waals surface area contributed by atoms with Crippen molar-refractivity contribution in [3.63, 3.8) is 0 Å². The molecular formula is C23H27N6O9S3+. The highest BCUT2D eigenvalue weighted by molar-refractivity contribution is 8.00. The summed E-state index contributed by atoms with van der Waals surface area (Å²) in [6.07, 6.45) is 6.20. The minimum atomic E-state index is -4.67. The topological polar surface area (TPSA) is 226 Å². The van der Waals surface area contributed by atoms with Crippen molar-refractivity contribution >= 4 is 62.1 Å². The summed E-state index contributed by atoms with van der Waals surface area (Å²) in [6, 6.07) is 3.21. The molecule has 1 aliphatic carbocycles. The fraction of sp³-hybridized carbons (Fsp3) is 0.391. The van der Waals surface area contributed by atoms with Gasteiger partial charge in [-0.05, 0) is 25.3 Å². The highest BCUT2D eigenvalue weighted by Gasteiger charge is 2.55. The number of fused-ring (bicyclic) bond motifs is 2. The summed E-state index contributed by atoms with van der Waals surface area (Å²) in [5, 5.41) is 17.7. The first kappa shape index (κ1) is 30.4. The average molecular weight is 628 g/mol. The number of pyridine rings is 1. The Morgan fingerprint density at radius 2 is 2.02 bits per heavy atom. The molecule has 1 fully saturated rings. The zero-order chi connectivity index (χ0) is 29.9. The lowest BCUT2D eigenvalue weighted by atomic mass is 9.95. The predicted molar refractivity (Wildman–Crippen MR) is 147 cm³/mol. The maximum Gasteiger partial charge on any atom is 0.394 e. The number of aryl methyl sites for hydroxylation is 1. The van der Waals surface area contributed by atoms with Crippen molar-refractivity contribution in [2.24, 2.45) is 5.16 Å². The number of rotatable bonds is 7. The highest BCUT2D eigenvalue weighted by Crippen LogP contribution is 2.40. The SMILES string of the molecule is CON=C(C(=O)N[C@@H]1C(=O)N2C(C(=O)O)=C(C[n+]3cccc4c3CCCC4)CS[C@H]12)c1csc(N)n1.O=S(=O)(O)O. The van der Waals surface area contributed by atoms with Crippen LogP contribution in [-0.2, 0) is 49.0 Å². The molecule has 3 aliphatic rings. The molecule has 5 rings (SSSR count). The van der Waals surface area contributed by atoms with Crippen LogP contribution in [0.5, 0.6) is 0 Å². The summed E-state index contributed by atoms with van der Waals surface area (Å²) < 4.78 is 33.7. The molecule has 4 heterocycles. The van der Waals surface area contributed by atoms with Crippen LogP contribution in [0.3, 0.4) is 0 Å². The van der Waals surface area contributed by atoms with Gasteiger partial charge in [0.05, 0.1) is 0 Å². The molecule has 2 aromatic heterocycles. The number of nitrogens with two attached hydrogens (primary N) is 1. The molecule has 0 aromatic carbocycles. The van der Waals surface area contributed by atoms with Crippen LogP contribution in [0.15, 0.2) is 40.1 Å². The van der Waals surface area contributed by atoms with Crippen LogP contribution in [-0.4, -0.2) is 80.3 Å². The first-order chi connectivity index (χ1) is 19.4. The first-order valence-electron chi connectivity index (χ1n) is 12.1. The Morgan fingerprint density at radius 3 is 2.66 bits per heavy atom. The van der Waals surface area contributed by atoms with Gasteiger partial charge in [0.25, 0.3) is 11.8 Å². The van der Waals surface area contributed by atoms with Crippen molar-refractivity contribution < 1.29 is 46.4 Å². The minimum Gasteiger partial charge on any atom is -0.477 e. The van der Waals surface area contributed by atoms with Gasteiger partial charge in [0.1, 0.15) is 29.9 Å². The number of carboxylic acid groups (broad SMARTS) is 1. The van der Waals surface area contributed by atoms with Crippen LogP contribution < -0.4 is 15.6 Å². The van der Waals surface area contributed by atoms with Crippen molar-refractivity contribution in [2.45, 2.75) is 43.6 Å². The number of hydrogen-bond acceptors (Lipinski definition) is 11. The maximum atomic E-state index is 13.1. The third-order valence-electron chi connectivity index (χ3n) is 6.45. The fourth-order valence-corrected chi connectivity index (χ4v) is 6.72. The van der Waals surface area contributed by atoms with Crippen molar-refractivity contribution in [3.8, 4) is 0 Å². The molecule has 0 radical (unpaired) electrons. The van der Waals surface area contributed by atoms with Gasteiger partial charge in [-0.2, -0.15) is 13.0 Å². The molecule has 41 heavy (non-hydrogen) atoms. The van der Waals surface area contributed by atoms with E-state index >= 15 is 0 Å². The smallest absolute Gasteiger partial charge is 0.394 e. The number of amides is 2. The number of carbonyl (C=O) groups excluding carboxylic acids is 2. The lowest BCUT2D eigenvalue weighted by Gasteiger charge is -2.49. The third kappa shape index (κ3) is 7.02. The van der Waals surface area contributed by atoms with Gasteiger partial charge in [-0.1, -0.05) is 5.16 Å². The van der Waals surface area contributed by atoms with E-state index in [2.05, 4.69) is 26.1 Å². The molecular weight excluding hydrogens is 600 g/mol. The molecule has 1 saturated heterocycles. The van der Waals surface area contributed by atoms with Gasteiger partial charge in [0, 0.05) is 34.8 Å². The Labute approximate surface area is 242 Å². The number of aliphatic carboxylic acids is 1. The number of anilines is 1. The largest absolute Gasteiger partial charge is 0.477 e. The molecule has 2 aromatic rings. The van der Waals surface area contributed by atoms with Gasteiger partial charge in [0.2, 0.25) is 0 Å². The molecule has 0 saturated carbocycles. The normalized spacial score (nSPS) is 20.2. The molecule has 220 valence electrons. The van der Waals surface area contributed by atoms with E-state index in [1.807, 2.05) is 12.3 Å². The summed E-state index contributed by atoms with van der Waals surface area (Å²) in [5.74, 6) is -1.86. The molecule has 0 bridgehead atoms. The summed E-state index contributed by atoms with van der Waals surface area (Å²) in [4.78, 5) is 48.4. The molecule has 0 unspecified atom stereocenters. The number of carboxylic acids is 1. The van der Waals surface area contributed by atoms with Gasteiger partial charge >= 0.3 is 16.4 Å². The van der Waals surface area contributed by atoms with Crippen molar-refractivity contribution in [1.29, 1.82) is 0 Å². The summed E-state index contributed by atoms with van der Waals surface area (Å²) in [7, 11) is -3.37. The van der Waals surface area contributed by atoms with Gasteiger partial charge < -0.3 is 21.0 Å². The average Bonchev–Trinajstić information content (AvgIpc) is 3.34. The second-order valence-corrected chi connectivity index (χ2v) is 12.0. The number of aromatic nitrogens is 2. The van der Waals surface area contributed by atoms with Gasteiger partial charge in [-0.3, -0.25) is 23.6 Å². The fourth-order valence-electron chi connectivity index (χ4n) is 4.83. The Hall–Kier alpha value is -3.58. The second kappa shape index (κ2) is 12.5. The number of thiazole rings is 1. The van der Waals surface area contributed by atoms with E-state index in [4.69, 9.17) is 28.1 Å². The predicted octanol–water partition coefficient (Wildman–Crippen LogP) is 0.0281. The zero-order valence-corrected chi connectivity index (χ0v) is 24.0. The number of carbonyl (C=O) groups is 3. The van der Waals surface area contributed by atoms with Crippen molar-refractivity contribution in [1.82, 2.24) is 15.2 Å². The molecule has 2 atom stereocenters. The lowest BCUT2D eigenvalue weighted by molar-refractivity contribution is -0.697. The van der Waals surface area contributed by atoms with Crippen LogP contribution in [0.4, 0.5) is 5.13 Å². The Kier molecular flexibility index (Phi) is 9.27. The number of nitrogens with zero attached hydrogens (tertiary/aromatic N) is 4. The van der Waals surface area contributed by atoms with Crippen LogP contribution in [0.25, 0.3) is 0 Å². The maximum absolute atomic E-state index is 13.1. The number of thioether (sulfide) groups is 1. The third-order valence-corrected chi connectivity index (χ3v) is 8.46. The highest BCUT2D eigenvalue weighted by atomic mass is 32.3. The van der Waals surface area contributed by atoms with Crippen LogP contribution in [0, 0.1) is 0 Å². The zero-order valence-electron chi connectivity index (χ0n) is 21.6. The monoisotopic (exact) mass is 627 g/mol. The van der Waals surface area contributed by atoms with E-state index in [1.165, 1.54) is 35.0 Å². The summed E-state index contributed by atoms with van der Waals surface area (Å²) >= 11 is 2.57. The van der Waals surface area contributed by atoms with Gasteiger partial charge in [-0.15, -0.1) is 23.1 Å². The summed E-state index contributed by atoms with van der Waals surface area (Å²) in [6.45, 7) is 0.404. The van der Waals surface area contributed by atoms with E-state index in [1.54, 1.807) is 5.38 Å². The Bertz CT molecular complexity index is 1530. The molecule has 18 heteroatoms. The van der Waals surface area contributed by atoms with Crippen molar-refractivity contribution in [2.75, 3.05) is 18.6 Å². The van der Waals surface area contributed by atoms with Gasteiger partial charge in [-0.25, -0.2) is 9.78 Å². The summed E-state index contributed by atoms with van der Waals surface area (Å²) in [5.41, 5.74) is 8.96. The number of oxime groups is 1. The number of nitrogen functional groups attached to an aromatic ring is 1. The molecule has 2 amide bonds. The first-order valence-corrected chi connectivity index (χ1v) is 15.4. The van der Waals surface area contributed by atoms with Crippen molar-refractivity contribution in [3.05, 3.63) is 51.9 Å². The second-order valence-electron chi connectivity index (χ2n) is 9.07. The quantitative estimate of drug-likeness (QED) is 0.0901. The number of nitrogens with one attached hydrogen (secondary N) is 1. The molecule has 6 N–H and O–H groups in total. The molecule has 0 spiro atoms. The van der Waals surface area contributed by atoms with E-state index in [-0.39, 0.29) is 22.2 Å². The minimum absolute atomic E-state index is 0.00628. The van der Waals surface area contributed by atoms with Gasteiger partial charge in [0.15, 0.2) is 29.3 Å². The van der Waals surface area contributed by atoms with E-state index in [0.717, 1.165) is 37.0 Å². The van der Waals surface area contributed by atoms with E-state index < -0.39 is 39.6 Å². The number of hydrogen-bond donors (Lipinski definition) is 5. The Balaban J connectivity index is 0.000000714. The Morgan fingerprint density at radius 1 is 1.32 bits per heavy atom. The van der Waals surface area contributed by atoms with E-state index in [9.17, 15) is 19.5 Å². The standard InChI is InChI=1S/C23H24N6O5S2.H2O4S/c1-34-27-16(14-11-36-23(24)25-14)19(30)26-17-20(31)29-18(22(32)33)13(10-35-21(17)29)9-28-8-4-6-12-5-2-3-7-15(12)28;1-5(2,3)4/h4,6,8,11,17,21H,2-3,5,7,9-10H2,1H3,(H3-,24,25,26,30,32,33);(H2,1,2,3,4)/p+1/t17-,21-;/m1./s1. The molecule has 2 aliphatic heterocycles. The van der Waals surface area contributed by atoms with E-state index in [0.29, 0.717) is 17.9 Å².